The Morgan fingerprint density at radius 1 is 1.25 bits per heavy atom. The van der Waals surface area contributed by atoms with Crippen LogP contribution in [0.2, 0.25) is 0 Å². The summed E-state index contributed by atoms with van der Waals surface area (Å²) in [4.78, 5) is 11.8. The minimum absolute atomic E-state index is 0.126. The van der Waals surface area contributed by atoms with E-state index in [4.69, 9.17) is 0 Å². The minimum atomic E-state index is -0.396. The smallest absolute Gasteiger partial charge is 0.258 e. The molecular formula is C8H10N2O2+. The van der Waals surface area contributed by atoms with Gasteiger partial charge in [0.2, 0.25) is 0 Å². The maximum Gasteiger partial charge on any atom is 0.275 e. The lowest BCUT2D eigenvalue weighted by molar-refractivity contribution is -0.384. The fourth-order valence-corrected chi connectivity index (χ4v) is 0.885. The van der Waals surface area contributed by atoms with Crippen LogP contribution < -0.4 is 4.90 Å². The van der Waals surface area contributed by atoms with Gasteiger partial charge < -0.3 is 0 Å². The summed E-state index contributed by atoms with van der Waals surface area (Å²) < 4.78 is 0. The summed E-state index contributed by atoms with van der Waals surface area (Å²) in [6, 6.07) is 6.52. The van der Waals surface area contributed by atoms with Gasteiger partial charge in [-0.15, -0.1) is 4.90 Å². The van der Waals surface area contributed by atoms with Crippen molar-refractivity contribution in [2.75, 3.05) is 14.1 Å². The Balaban J connectivity index is 3.04. The second-order valence-corrected chi connectivity index (χ2v) is 2.67. The van der Waals surface area contributed by atoms with Crippen LogP contribution in [-0.4, -0.2) is 19.0 Å². The molecule has 0 aliphatic rings. The monoisotopic (exact) mass is 166 g/mol. The van der Waals surface area contributed by atoms with E-state index in [0.717, 1.165) is 5.69 Å². The molecule has 1 radical (unpaired) electrons. The SMILES string of the molecule is C[N+](C)c1cccc([N+](=O)[O-])c1. The van der Waals surface area contributed by atoms with Crippen LogP contribution in [0.5, 0.6) is 0 Å². The Hall–Kier alpha value is -1.42. The van der Waals surface area contributed by atoms with Gasteiger partial charge in [0, 0.05) is 12.1 Å². The number of nitrogens with zero attached hydrogens (tertiary/aromatic N) is 2. The standard InChI is InChI=1S/C8H10N2O2/c1-9(2)7-4-3-5-8(6-7)10(11)12/h3-6H,1-2H3/q+1. The molecule has 0 unspecified atom stereocenters. The first-order valence-electron chi connectivity index (χ1n) is 3.53. The molecule has 1 rings (SSSR count). The average molecular weight is 166 g/mol. The van der Waals surface area contributed by atoms with E-state index in [-0.39, 0.29) is 5.69 Å². The molecule has 0 fully saturated rings. The van der Waals surface area contributed by atoms with Crippen LogP contribution in [0, 0.1) is 10.1 Å². The number of anilines is 1. The van der Waals surface area contributed by atoms with Crippen LogP contribution in [-0.2, 0) is 0 Å². The van der Waals surface area contributed by atoms with Gasteiger partial charge in [-0.2, -0.15) is 0 Å². The lowest BCUT2D eigenvalue weighted by atomic mass is 10.3. The third-order valence-electron chi connectivity index (χ3n) is 1.56. The van der Waals surface area contributed by atoms with Gasteiger partial charge in [0.05, 0.1) is 11.0 Å². The highest BCUT2D eigenvalue weighted by molar-refractivity contribution is 5.47. The van der Waals surface area contributed by atoms with Crippen LogP contribution in [0.1, 0.15) is 0 Å². The van der Waals surface area contributed by atoms with E-state index < -0.39 is 4.92 Å². The van der Waals surface area contributed by atoms with Gasteiger partial charge in [-0.3, -0.25) is 10.1 Å². The summed E-state index contributed by atoms with van der Waals surface area (Å²) in [5.74, 6) is 0. The van der Waals surface area contributed by atoms with E-state index >= 15 is 0 Å². The molecule has 0 saturated heterocycles. The van der Waals surface area contributed by atoms with Crippen molar-refractivity contribution in [1.29, 1.82) is 0 Å². The van der Waals surface area contributed by atoms with Crippen molar-refractivity contribution >= 4 is 11.4 Å². The van der Waals surface area contributed by atoms with Crippen LogP contribution in [0.3, 0.4) is 0 Å². The number of benzene rings is 1. The maximum atomic E-state index is 10.4. The molecule has 0 bridgehead atoms. The molecule has 0 heterocycles. The first kappa shape index (κ1) is 8.67. The van der Waals surface area contributed by atoms with E-state index in [1.165, 1.54) is 6.07 Å². The van der Waals surface area contributed by atoms with E-state index in [1.807, 2.05) is 25.1 Å². The number of hydrogen-bond donors (Lipinski definition) is 0. The third-order valence-corrected chi connectivity index (χ3v) is 1.56. The molecule has 4 nitrogen and oxygen atoms in total. The number of nitro groups is 1. The number of hydrogen-bond acceptors (Lipinski definition) is 3. The summed E-state index contributed by atoms with van der Waals surface area (Å²) in [5, 5.41) is 10.4. The summed E-state index contributed by atoms with van der Waals surface area (Å²) in [7, 11) is 3.69. The van der Waals surface area contributed by atoms with Gasteiger partial charge >= 0.3 is 0 Å². The van der Waals surface area contributed by atoms with Gasteiger partial charge in [0.15, 0.2) is 5.69 Å². The highest BCUT2D eigenvalue weighted by atomic mass is 16.6. The molecule has 0 aromatic heterocycles. The second-order valence-electron chi connectivity index (χ2n) is 2.67. The highest BCUT2D eigenvalue weighted by Crippen LogP contribution is 2.18. The Labute approximate surface area is 70.6 Å². The van der Waals surface area contributed by atoms with Crippen molar-refractivity contribution < 1.29 is 4.92 Å². The van der Waals surface area contributed by atoms with Crippen LogP contribution in [0.15, 0.2) is 24.3 Å². The van der Waals surface area contributed by atoms with Gasteiger partial charge in [-0.1, -0.05) is 0 Å². The fraction of sp³-hybridized carbons (Fsp3) is 0.250. The number of rotatable bonds is 2. The molecule has 63 valence electrons. The summed E-state index contributed by atoms with van der Waals surface area (Å²) in [6.45, 7) is 0. The van der Waals surface area contributed by atoms with Crippen molar-refractivity contribution in [2.45, 2.75) is 0 Å². The van der Waals surface area contributed by atoms with E-state index in [0.29, 0.717) is 0 Å². The maximum absolute atomic E-state index is 10.4. The lowest BCUT2D eigenvalue weighted by Crippen LogP contribution is -2.10. The predicted molar refractivity (Wildman–Crippen MR) is 46.7 cm³/mol. The zero-order valence-corrected chi connectivity index (χ0v) is 7.02. The Bertz CT molecular complexity index is 297. The summed E-state index contributed by atoms with van der Waals surface area (Å²) in [5.41, 5.74) is 0.963. The van der Waals surface area contributed by atoms with Crippen LogP contribution in [0.25, 0.3) is 0 Å². The number of non-ortho nitro benzene ring substituents is 1. The van der Waals surface area contributed by atoms with Gasteiger partial charge in [-0.25, -0.2) is 0 Å². The molecule has 0 aliphatic carbocycles. The molecular weight excluding hydrogens is 156 g/mol. The highest BCUT2D eigenvalue weighted by Gasteiger charge is 2.11. The average Bonchev–Trinajstić information content (AvgIpc) is 2.04. The molecule has 0 atom stereocenters. The molecule has 0 spiro atoms. The molecule has 0 saturated carbocycles. The summed E-state index contributed by atoms with van der Waals surface area (Å²) >= 11 is 0. The molecule has 1 aromatic carbocycles. The van der Waals surface area contributed by atoms with E-state index in [1.54, 1.807) is 12.1 Å². The second kappa shape index (κ2) is 3.32. The zero-order valence-electron chi connectivity index (χ0n) is 7.02. The number of nitro benzene ring substituents is 1. The molecule has 12 heavy (non-hydrogen) atoms. The zero-order chi connectivity index (χ0) is 9.14. The largest absolute Gasteiger partial charge is 0.275 e. The van der Waals surface area contributed by atoms with Crippen LogP contribution in [0.4, 0.5) is 11.4 Å². The van der Waals surface area contributed by atoms with Gasteiger partial charge in [0.25, 0.3) is 5.69 Å². The van der Waals surface area contributed by atoms with Gasteiger partial charge in [-0.05, 0) is 6.07 Å². The Kier molecular flexibility index (Phi) is 2.40. The van der Waals surface area contributed by atoms with Crippen molar-refractivity contribution in [1.82, 2.24) is 4.90 Å². The molecule has 1 aromatic rings. The van der Waals surface area contributed by atoms with E-state index in [9.17, 15) is 10.1 Å². The summed E-state index contributed by atoms with van der Waals surface area (Å²) in [6.07, 6.45) is 0. The normalized spacial score (nSPS) is 10.2. The lowest BCUT2D eigenvalue weighted by Gasteiger charge is -1.97. The Morgan fingerprint density at radius 2 is 1.83 bits per heavy atom. The van der Waals surface area contributed by atoms with Crippen molar-refractivity contribution in [3.05, 3.63) is 34.4 Å². The fourth-order valence-electron chi connectivity index (χ4n) is 0.885. The third kappa shape index (κ3) is 1.79. The molecule has 0 N–H and O–H groups in total. The first-order valence-corrected chi connectivity index (χ1v) is 3.53. The van der Waals surface area contributed by atoms with Crippen molar-refractivity contribution in [3.8, 4) is 0 Å². The van der Waals surface area contributed by atoms with Crippen LogP contribution >= 0.6 is 0 Å². The first-order chi connectivity index (χ1) is 5.61. The molecule has 0 amide bonds. The Morgan fingerprint density at radius 3 is 2.33 bits per heavy atom. The predicted octanol–water partition coefficient (Wildman–Crippen LogP) is 1.63. The minimum Gasteiger partial charge on any atom is -0.258 e. The molecule has 0 aliphatic heterocycles. The van der Waals surface area contributed by atoms with E-state index in [2.05, 4.69) is 0 Å². The quantitative estimate of drug-likeness (QED) is 0.381. The van der Waals surface area contributed by atoms with Crippen molar-refractivity contribution in [2.24, 2.45) is 0 Å². The van der Waals surface area contributed by atoms with Crippen molar-refractivity contribution in [3.63, 3.8) is 0 Å². The van der Waals surface area contributed by atoms with Gasteiger partial charge in [0.1, 0.15) is 14.1 Å². The molecule has 4 heteroatoms. The topological polar surface area (TPSA) is 49.0 Å².